The maximum absolute atomic E-state index is 11.9. The molecule has 0 aromatic carbocycles. The van der Waals surface area contributed by atoms with E-state index in [1.165, 1.54) is 0 Å². The molecule has 0 saturated carbocycles. The molecule has 3 rings (SSSR count). The first-order valence-corrected chi connectivity index (χ1v) is 7.10. The van der Waals surface area contributed by atoms with Crippen molar-refractivity contribution in [1.82, 2.24) is 20.9 Å². The van der Waals surface area contributed by atoms with Crippen LogP contribution in [0.4, 0.5) is 0 Å². The van der Waals surface area contributed by atoms with Crippen molar-refractivity contribution in [3.63, 3.8) is 0 Å². The quantitative estimate of drug-likeness (QED) is 0.381. The molecule has 0 aromatic heterocycles. The predicted octanol–water partition coefficient (Wildman–Crippen LogP) is -2.51. The molecule has 3 aliphatic rings. The van der Waals surface area contributed by atoms with Crippen LogP contribution in [0.5, 0.6) is 0 Å². The van der Waals surface area contributed by atoms with Crippen LogP contribution in [0.2, 0.25) is 0 Å². The van der Waals surface area contributed by atoms with Crippen molar-refractivity contribution in [2.45, 2.75) is 44.7 Å². The van der Waals surface area contributed by atoms with Crippen LogP contribution in [0.25, 0.3) is 0 Å². The fourth-order valence-electron chi connectivity index (χ4n) is 3.36. The molecule has 3 saturated heterocycles. The minimum absolute atomic E-state index is 0.0186. The van der Waals surface area contributed by atoms with E-state index in [9.17, 15) is 9.90 Å². The predicted molar refractivity (Wildman–Crippen MR) is 70.7 cm³/mol. The van der Waals surface area contributed by atoms with Crippen LogP contribution in [0, 0.1) is 11.8 Å². The average Bonchev–Trinajstić information content (AvgIpc) is 2.93. The first-order valence-electron chi connectivity index (χ1n) is 7.10. The molecule has 0 bridgehead atoms. The minimum atomic E-state index is -0.547. The van der Waals surface area contributed by atoms with E-state index in [-0.39, 0.29) is 48.9 Å². The standard InChI is InChI=1S/C12H23N5O3/c1-5-6(2)11(20-7(5)3-18)17-4-14-8-9(17)15-12(13)16-10(8)19/h5-9,11-12,14-15,18H,3-4,13H2,1-2H3,(H,16,19)/t5?,6?,7-,8?,9?,11-,12?/m1/s1. The molecule has 0 spiro atoms. The Labute approximate surface area is 118 Å². The van der Waals surface area contributed by atoms with Crippen molar-refractivity contribution in [1.29, 1.82) is 0 Å². The van der Waals surface area contributed by atoms with Gasteiger partial charge in [-0.25, -0.2) is 4.90 Å². The van der Waals surface area contributed by atoms with Crippen LogP contribution >= 0.6 is 0 Å². The first kappa shape index (κ1) is 14.2. The third-order valence-corrected chi connectivity index (χ3v) is 4.78. The SMILES string of the molecule is CC1C(C)[C@@H](CO)O[C@H]1N1CNC2C(=O)NC(N)NC21. The van der Waals surface area contributed by atoms with Crippen molar-refractivity contribution >= 4 is 5.91 Å². The van der Waals surface area contributed by atoms with E-state index in [1.807, 2.05) is 0 Å². The van der Waals surface area contributed by atoms with Gasteiger partial charge >= 0.3 is 0 Å². The van der Waals surface area contributed by atoms with Gasteiger partial charge in [-0.2, -0.15) is 0 Å². The smallest absolute Gasteiger partial charge is 0.242 e. The van der Waals surface area contributed by atoms with Crippen molar-refractivity contribution in [2.24, 2.45) is 17.6 Å². The Morgan fingerprint density at radius 1 is 1.45 bits per heavy atom. The second-order valence-corrected chi connectivity index (χ2v) is 5.92. The Morgan fingerprint density at radius 3 is 2.85 bits per heavy atom. The lowest BCUT2D eigenvalue weighted by Gasteiger charge is -2.38. The highest BCUT2D eigenvalue weighted by molar-refractivity contribution is 5.83. The van der Waals surface area contributed by atoms with Gasteiger partial charge in [-0.3, -0.25) is 21.2 Å². The molecule has 0 aromatic rings. The van der Waals surface area contributed by atoms with Crippen molar-refractivity contribution in [3.05, 3.63) is 0 Å². The summed E-state index contributed by atoms with van der Waals surface area (Å²) >= 11 is 0. The van der Waals surface area contributed by atoms with E-state index in [0.717, 1.165) is 0 Å². The minimum Gasteiger partial charge on any atom is -0.394 e. The van der Waals surface area contributed by atoms with Crippen LogP contribution < -0.4 is 21.7 Å². The Balaban J connectivity index is 1.76. The molecule has 3 aliphatic heterocycles. The van der Waals surface area contributed by atoms with E-state index in [1.54, 1.807) is 0 Å². The number of carbonyl (C=O) groups excluding carboxylic acids is 1. The highest BCUT2D eigenvalue weighted by Crippen LogP contribution is 2.35. The average molecular weight is 285 g/mol. The fourth-order valence-corrected chi connectivity index (χ4v) is 3.36. The van der Waals surface area contributed by atoms with Crippen LogP contribution in [-0.2, 0) is 9.53 Å². The number of nitrogens with two attached hydrogens (primary N) is 1. The molecule has 8 heteroatoms. The normalized spacial score (nSPS) is 49.2. The highest BCUT2D eigenvalue weighted by Gasteiger charge is 2.50. The van der Waals surface area contributed by atoms with Gasteiger partial charge in [0, 0.05) is 5.92 Å². The van der Waals surface area contributed by atoms with E-state index in [2.05, 4.69) is 34.7 Å². The number of hydrogen-bond acceptors (Lipinski definition) is 7. The molecule has 6 N–H and O–H groups in total. The summed E-state index contributed by atoms with van der Waals surface area (Å²) in [5, 5.41) is 18.4. The zero-order chi connectivity index (χ0) is 14.4. The van der Waals surface area contributed by atoms with Crippen molar-refractivity contribution in [2.75, 3.05) is 13.3 Å². The molecule has 7 atom stereocenters. The van der Waals surface area contributed by atoms with Gasteiger partial charge in [0.25, 0.3) is 0 Å². The third-order valence-electron chi connectivity index (χ3n) is 4.78. The largest absolute Gasteiger partial charge is 0.394 e. The summed E-state index contributed by atoms with van der Waals surface area (Å²) in [6.45, 7) is 4.77. The highest BCUT2D eigenvalue weighted by atomic mass is 16.5. The molecule has 114 valence electrons. The number of nitrogens with one attached hydrogen (secondary N) is 3. The van der Waals surface area contributed by atoms with Gasteiger partial charge in [0.2, 0.25) is 5.91 Å². The Bertz CT molecular complexity index is 395. The van der Waals surface area contributed by atoms with Crippen LogP contribution in [0.15, 0.2) is 0 Å². The fraction of sp³-hybridized carbons (Fsp3) is 0.917. The maximum atomic E-state index is 11.9. The summed E-state index contributed by atoms with van der Waals surface area (Å²) in [7, 11) is 0. The lowest BCUT2D eigenvalue weighted by atomic mass is 9.92. The second kappa shape index (κ2) is 5.21. The molecule has 3 fully saturated rings. The van der Waals surface area contributed by atoms with Crippen LogP contribution in [0.3, 0.4) is 0 Å². The molecule has 3 heterocycles. The monoisotopic (exact) mass is 285 g/mol. The maximum Gasteiger partial charge on any atom is 0.242 e. The number of aliphatic hydroxyl groups excluding tert-OH is 1. The van der Waals surface area contributed by atoms with Gasteiger partial charge in [-0.15, -0.1) is 0 Å². The summed E-state index contributed by atoms with van der Waals surface area (Å²) in [6, 6.07) is -0.325. The number of nitrogens with zero attached hydrogens (tertiary/aromatic N) is 1. The molecule has 1 amide bonds. The summed E-state index contributed by atoms with van der Waals surface area (Å²) in [6.07, 6.45) is -1.01. The molecular weight excluding hydrogens is 262 g/mol. The first-order chi connectivity index (χ1) is 9.52. The van der Waals surface area contributed by atoms with Gasteiger partial charge in [-0.1, -0.05) is 13.8 Å². The summed E-state index contributed by atoms with van der Waals surface area (Å²) < 4.78 is 5.96. The van der Waals surface area contributed by atoms with E-state index >= 15 is 0 Å². The zero-order valence-corrected chi connectivity index (χ0v) is 11.7. The Kier molecular flexibility index (Phi) is 3.69. The van der Waals surface area contributed by atoms with Gasteiger partial charge in [-0.05, 0) is 5.92 Å². The van der Waals surface area contributed by atoms with Gasteiger partial charge in [0.15, 0.2) is 0 Å². The van der Waals surface area contributed by atoms with Crippen molar-refractivity contribution in [3.8, 4) is 0 Å². The van der Waals surface area contributed by atoms with Crippen molar-refractivity contribution < 1.29 is 14.6 Å². The molecule has 0 radical (unpaired) electrons. The number of aliphatic hydroxyl groups is 1. The summed E-state index contributed by atoms with van der Waals surface area (Å²) in [4.78, 5) is 14.0. The molecule has 0 aliphatic carbocycles. The third kappa shape index (κ3) is 2.12. The number of hydrogen-bond donors (Lipinski definition) is 5. The van der Waals surface area contributed by atoms with Gasteiger partial charge in [0.1, 0.15) is 18.6 Å². The Hall–Kier alpha value is -0.770. The van der Waals surface area contributed by atoms with E-state index < -0.39 is 6.29 Å². The number of rotatable bonds is 2. The summed E-state index contributed by atoms with van der Waals surface area (Å²) in [5.74, 6) is 0.451. The number of amides is 1. The lowest BCUT2D eigenvalue weighted by molar-refractivity contribution is -0.130. The van der Waals surface area contributed by atoms with E-state index in [0.29, 0.717) is 6.67 Å². The number of carbonyl (C=O) groups is 1. The van der Waals surface area contributed by atoms with Gasteiger partial charge < -0.3 is 15.2 Å². The molecular formula is C12H23N5O3. The zero-order valence-electron chi connectivity index (χ0n) is 11.7. The topological polar surface area (TPSA) is 112 Å². The molecule has 20 heavy (non-hydrogen) atoms. The molecule has 5 unspecified atom stereocenters. The lowest BCUT2D eigenvalue weighted by Crippen LogP contribution is -2.70. The Morgan fingerprint density at radius 2 is 2.20 bits per heavy atom. The van der Waals surface area contributed by atoms with E-state index in [4.69, 9.17) is 10.5 Å². The van der Waals surface area contributed by atoms with Crippen LogP contribution in [-0.4, -0.2) is 60.0 Å². The molecule has 8 nitrogen and oxygen atoms in total. The summed E-state index contributed by atoms with van der Waals surface area (Å²) in [5.41, 5.74) is 5.78. The van der Waals surface area contributed by atoms with Gasteiger partial charge in [0.05, 0.1) is 25.5 Å². The number of fused-ring (bicyclic) bond motifs is 1. The number of ether oxygens (including phenoxy) is 1. The van der Waals surface area contributed by atoms with Crippen LogP contribution in [0.1, 0.15) is 13.8 Å². The second-order valence-electron chi connectivity index (χ2n) is 5.92.